The van der Waals surface area contributed by atoms with Crippen molar-refractivity contribution in [3.05, 3.63) is 119 Å². The zero-order chi connectivity index (χ0) is 43.6. The number of hydrogen-bond acceptors (Lipinski definition) is 8. The number of benzene rings is 4. The van der Waals surface area contributed by atoms with Gasteiger partial charge in [-0.2, -0.15) is 8.42 Å². The van der Waals surface area contributed by atoms with Gasteiger partial charge >= 0.3 is 0 Å². The highest BCUT2D eigenvalue weighted by Gasteiger charge is 2.34. The molecule has 62 heavy (non-hydrogen) atoms. The van der Waals surface area contributed by atoms with Gasteiger partial charge in [0.25, 0.3) is 10.1 Å². The molecule has 11 heteroatoms. The van der Waals surface area contributed by atoms with E-state index in [1.807, 2.05) is 48.5 Å². The average molecular weight is 875 g/mol. The topological polar surface area (TPSA) is 101 Å². The van der Waals surface area contributed by atoms with Gasteiger partial charge in [-0.25, -0.2) is 8.78 Å². The summed E-state index contributed by atoms with van der Waals surface area (Å²) in [5.41, 5.74) is 3.79. The molecule has 4 fully saturated rings. The first-order chi connectivity index (χ1) is 30.0. The minimum atomic E-state index is -3.46. The number of ether oxygens (including phenoxy) is 4. The van der Waals surface area contributed by atoms with E-state index in [0.29, 0.717) is 42.6 Å². The molecule has 0 amide bonds. The second kappa shape index (κ2) is 21.5. The molecule has 1 N–H and O–H groups in total. The van der Waals surface area contributed by atoms with Crippen LogP contribution in [-0.4, -0.2) is 60.4 Å². The monoisotopic (exact) mass is 874 g/mol. The first kappa shape index (κ1) is 45.8. The van der Waals surface area contributed by atoms with Crippen molar-refractivity contribution < 1.29 is 45.4 Å². The zero-order valence-electron chi connectivity index (χ0n) is 36.5. The van der Waals surface area contributed by atoms with Gasteiger partial charge in [0.05, 0.1) is 46.9 Å². The fourth-order valence-electron chi connectivity index (χ4n) is 9.53. The van der Waals surface area contributed by atoms with Crippen molar-refractivity contribution in [1.29, 1.82) is 0 Å². The third kappa shape index (κ3) is 12.9. The first-order valence-electron chi connectivity index (χ1n) is 22.6. The molecule has 0 radical (unpaired) electrons. The van der Waals surface area contributed by atoms with Crippen LogP contribution in [0.5, 0.6) is 23.0 Å². The lowest BCUT2D eigenvalue weighted by atomic mass is 9.79. The molecule has 8 nitrogen and oxygen atoms in total. The molecule has 336 valence electrons. The van der Waals surface area contributed by atoms with E-state index in [9.17, 15) is 22.3 Å². The van der Waals surface area contributed by atoms with Gasteiger partial charge < -0.3 is 24.1 Å². The minimum absolute atomic E-state index is 0.0662. The Hall–Kier alpha value is -4.19. The number of rotatable bonds is 18. The van der Waals surface area contributed by atoms with Crippen LogP contribution >= 0.6 is 0 Å². The molecule has 4 aromatic rings. The van der Waals surface area contributed by atoms with Crippen LogP contribution in [-0.2, 0) is 14.3 Å². The van der Waals surface area contributed by atoms with E-state index < -0.39 is 10.1 Å². The summed E-state index contributed by atoms with van der Waals surface area (Å²) in [4.78, 5) is 0. The Bertz CT molecular complexity index is 2160. The van der Waals surface area contributed by atoms with Crippen LogP contribution in [0.4, 0.5) is 8.78 Å². The van der Waals surface area contributed by atoms with Crippen LogP contribution in [0.3, 0.4) is 0 Å². The molecule has 0 aliphatic heterocycles. The van der Waals surface area contributed by atoms with Crippen LogP contribution in [0.2, 0.25) is 0 Å². The maximum absolute atomic E-state index is 14.3. The van der Waals surface area contributed by atoms with Crippen molar-refractivity contribution in [2.45, 2.75) is 101 Å². The van der Waals surface area contributed by atoms with Crippen molar-refractivity contribution in [2.24, 2.45) is 23.7 Å². The Balaban J connectivity index is 0.000000188. The van der Waals surface area contributed by atoms with Crippen molar-refractivity contribution in [1.82, 2.24) is 0 Å². The summed E-state index contributed by atoms with van der Waals surface area (Å²) in [6, 6.07) is 26.2. The number of methoxy groups -OCH3 is 2. The normalized spacial score (nSPS) is 22.4. The summed E-state index contributed by atoms with van der Waals surface area (Å²) < 4.78 is 79.3. The minimum Gasteiger partial charge on any atom is -0.497 e. The smallest absolute Gasteiger partial charge is 0.264 e. The van der Waals surface area contributed by atoms with Gasteiger partial charge in [0.15, 0.2) is 0 Å². The van der Waals surface area contributed by atoms with Gasteiger partial charge in [-0.1, -0.05) is 24.3 Å². The molecule has 8 rings (SSSR count). The number of aliphatic hydroxyl groups is 1. The lowest BCUT2D eigenvalue weighted by molar-refractivity contribution is 0.198. The lowest BCUT2D eigenvalue weighted by Gasteiger charge is -2.29. The number of halogens is 2. The van der Waals surface area contributed by atoms with Crippen LogP contribution in [0, 0.1) is 35.3 Å². The van der Waals surface area contributed by atoms with Crippen molar-refractivity contribution in [3.63, 3.8) is 0 Å². The second-order valence-corrected chi connectivity index (χ2v) is 19.7. The van der Waals surface area contributed by atoms with Gasteiger partial charge in [-0.3, -0.25) is 4.18 Å². The van der Waals surface area contributed by atoms with Crippen molar-refractivity contribution in [2.75, 3.05) is 46.9 Å². The van der Waals surface area contributed by atoms with E-state index in [1.54, 1.807) is 26.4 Å². The molecule has 2 atom stereocenters. The number of hydrogen-bond donors (Lipinski definition) is 1. The highest BCUT2D eigenvalue weighted by Crippen LogP contribution is 2.45. The second-order valence-electron chi connectivity index (χ2n) is 18.0. The zero-order valence-corrected chi connectivity index (χ0v) is 37.3. The van der Waals surface area contributed by atoms with E-state index in [4.69, 9.17) is 23.1 Å². The molecule has 4 saturated carbocycles. The fourth-order valence-corrected chi connectivity index (χ4v) is 9.92. The Labute approximate surface area is 367 Å². The Morgan fingerprint density at radius 2 is 1.02 bits per heavy atom. The third-order valence-corrected chi connectivity index (χ3v) is 14.1. The predicted octanol–water partition coefficient (Wildman–Crippen LogP) is 11.3. The Kier molecular flexibility index (Phi) is 15.9. The third-order valence-electron chi connectivity index (χ3n) is 13.6. The van der Waals surface area contributed by atoms with Crippen LogP contribution in [0.25, 0.3) is 0 Å². The molecule has 0 bridgehead atoms. The standard InChI is InChI=1S/C26H33FO5S.C25H31FO3/c1-30-22-12-13-26(27)24(15-22)19-8-6-18(7-9-19)16-31-23-5-3-4-21(14-23)25(20-10-11-20)17-32-33(2,28)29;1-28-21-11-12-25(26)23(14-21)18-7-5-17(6-8-18)16-29-22-4-2-3-20(13-22)24(15-27)19-9-10-19/h3-5,12-15,18-20,25H,6-11,16-17H2,1-2H3;2-4,11-14,17-19,24,27H,5-10,15-16H2,1H3. The summed E-state index contributed by atoms with van der Waals surface area (Å²) >= 11 is 0. The maximum Gasteiger partial charge on any atom is 0.264 e. The summed E-state index contributed by atoms with van der Waals surface area (Å²) in [6.45, 7) is 1.71. The Morgan fingerprint density at radius 3 is 1.42 bits per heavy atom. The molecular formula is C51H64F2O8S. The summed E-state index contributed by atoms with van der Waals surface area (Å²) in [5.74, 6) is 5.64. The summed E-state index contributed by atoms with van der Waals surface area (Å²) in [6.07, 6.45) is 13.6. The molecule has 2 unspecified atom stereocenters. The van der Waals surface area contributed by atoms with Crippen molar-refractivity contribution in [3.8, 4) is 23.0 Å². The van der Waals surface area contributed by atoms with E-state index >= 15 is 0 Å². The summed E-state index contributed by atoms with van der Waals surface area (Å²) in [5, 5.41) is 9.71. The molecular weight excluding hydrogens is 811 g/mol. The SMILES string of the molecule is COc1ccc(F)c(C2CCC(COc3cccc(C(CO)C4CC4)c3)CC2)c1.COc1ccc(F)c(C2CCC(COc3cccc(C(COS(C)(=O)=O)C4CC4)c3)CC2)c1. The highest BCUT2D eigenvalue weighted by molar-refractivity contribution is 7.85. The fraction of sp³-hybridized carbons (Fsp3) is 0.529. The first-order valence-corrected chi connectivity index (χ1v) is 24.4. The molecule has 0 saturated heterocycles. The van der Waals surface area contributed by atoms with Crippen LogP contribution < -0.4 is 18.9 Å². The van der Waals surface area contributed by atoms with Gasteiger partial charge in [-0.15, -0.1) is 0 Å². The molecule has 0 spiro atoms. The van der Waals surface area contributed by atoms with Crippen molar-refractivity contribution >= 4 is 10.1 Å². The molecule has 0 aromatic heterocycles. The van der Waals surface area contributed by atoms with E-state index in [2.05, 4.69) is 12.1 Å². The molecule has 0 heterocycles. The quantitative estimate of drug-likeness (QED) is 0.0987. The maximum atomic E-state index is 14.3. The van der Waals surface area contributed by atoms with E-state index in [1.165, 1.54) is 30.5 Å². The lowest BCUT2D eigenvalue weighted by Crippen LogP contribution is -2.20. The van der Waals surface area contributed by atoms with E-state index in [0.717, 1.165) is 104 Å². The Morgan fingerprint density at radius 1 is 0.581 bits per heavy atom. The average Bonchev–Trinajstić information content (AvgIpc) is 4.24. The molecule has 4 aromatic carbocycles. The largest absolute Gasteiger partial charge is 0.497 e. The van der Waals surface area contributed by atoms with Gasteiger partial charge in [0.2, 0.25) is 0 Å². The number of aliphatic hydroxyl groups excluding tert-OH is 1. The van der Waals surface area contributed by atoms with Gasteiger partial charge in [0, 0.05) is 11.8 Å². The van der Waals surface area contributed by atoms with Gasteiger partial charge in [0.1, 0.15) is 34.6 Å². The summed E-state index contributed by atoms with van der Waals surface area (Å²) in [7, 11) is -0.239. The molecule has 4 aliphatic rings. The van der Waals surface area contributed by atoms with E-state index in [-0.39, 0.29) is 48.5 Å². The van der Waals surface area contributed by atoms with Gasteiger partial charge in [-0.05, 0) is 195 Å². The van der Waals surface area contributed by atoms with Crippen LogP contribution in [0.15, 0.2) is 84.9 Å². The van der Waals surface area contributed by atoms with Crippen LogP contribution in [0.1, 0.15) is 123 Å². The predicted molar refractivity (Wildman–Crippen MR) is 238 cm³/mol. The molecule has 4 aliphatic carbocycles. The highest BCUT2D eigenvalue weighted by atomic mass is 32.2.